The number of likely N-dealkylation sites (tertiary alicyclic amines) is 1. The predicted molar refractivity (Wildman–Crippen MR) is 106 cm³/mol. The van der Waals surface area contributed by atoms with Crippen molar-refractivity contribution < 1.29 is 9.53 Å². The number of benzene rings is 1. The van der Waals surface area contributed by atoms with Gasteiger partial charge in [0.1, 0.15) is 5.01 Å². The summed E-state index contributed by atoms with van der Waals surface area (Å²) in [5.41, 5.74) is 4.55. The number of para-hydroxylation sites is 1. The van der Waals surface area contributed by atoms with E-state index in [1.165, 1.54) is 23.2 Å². The first-order chi connectivity index (χ1) is 12.3. The van der Waals surface area contributed by atoms with Crippen LogP contribution in [0.1, 0.15) is 52.4 Å². The van der Waals surface area contributed by atoms with E-state index < -0.39 is 0 Å². The van der Waals surface area contributed by atoms with Crippen LogP contribution in [0.2, 0.25) is 0 Å². The Balaban J connectivity index is 0.00000196. The lowest BCUT2D eigenvalue weighted by molar-refractivity contribution is 0.0520. The molecule has 0 amide bonds. The first-order valence-corrected chi connectivity index (χ1v) is 9.85. The molecule has 0 spiro atoms. The number of thiazole rings is 1. The van der Waals surface area contributed by atoms with E-state index in [-0.39, 0.29) is 18.4 Å². The van der Waals surface area contributed by atoms with E-state index in [2.05, 4.69) is 33.4 Å². The number of carbonyl (C=O) groups excluding carboxylic acids is 1. The van der Waals surface area contributed by atoms with Gasteiger partial charge in [-0.3, -0.25) is 4.90 Å². The maximum Gasteiger partial charge on any atom is 0.357 e. The minimum atomic E-state index is -0.320. The van der Waals surface area contributed by atoms with Gasteiger partial charge >= 0.3 is 5.97 Å². The van der Waals surface area contributed by atoms with Gasteiger partial charge in [0, 0.05) is 24.2 Å². The zero-order chi connectivity index (χ0) is 17.2. The lowest BCUT2D eigenvalue weighted by Gasteiger charge is -2.24. The van der Waals surface area contributed by atoms with E-state index in [9.17, 15) is 4.79 Å². The Bertz CT molecular complexity index is 780. The molecule has 2 aliphatic heterocycles. The van der Waals surface area contributed by atoms with Crippen molar-refractivity contribution in [1.29, 1.82) is 0 Å². The molecule has 5 nitrogen and oxygen atoms in total. The molecule has 140 valence electrons. The topological polar surface area (TPSA) is 54.5 Å². The zero-order valence-corrected chi connectivity index (χ0v) is 16.5. The highest BCUT2D eigenvalue weighted by Crippen LogP contribution is 2.37. The molecule has 0 aliphatic carbocycles. The summed E-state index contributed by atoms with van der Waals surface area (Å²) < 4.78 is 5.06. The van der Waals surface area contributed by atoms with Crippen LogP contribution in [0.4, 0.5) is 5.69 Å². The van der Waals surface area contributed by atoms with Gasteiger partial charge < -0.3 is 10.1 Å². The molecule has 0 saturated carbocycles. The maximum absolute atomic E-state index is 11.9. The van der Waals surface area contributed by atoms with Gasteiger partial charge in [0.25, 0.3) is 0 Å². The van der Waals surface area contributed by atoms with Crippen LogP contribution in [0.15, 0.2) is 23.6 Å². The Kier molecular flexibility index (Phi) is 6.16. The Morgan fingerprint density at radius 1 is 1.46 bits per heavy atom. The second-order valence-corrected chi connectivity index (χ2v) is 7.44. The summed E-state index contributed by atoms with van der Waals surface area (Å²) in [6.45, 7) is 5.23. The molecule has 1 aromatic carbocycles. The number of hydrogen-bond acceptors (Lipinski definition) is 6. The van der Waals surface area contributed by atoms with Gasteiger partial charge in [-0.15, -0.1) is 23.7 Å². The van der Waals surface area contributed by atoms with Crippen molar-refractivity contribution in [3.05, 3.63) is 45.4 Å². The van der Waals surface area contributed by atoms with Crippen LogP contribution < -0.4 is 5.32 Å². The van der Waals surface area contributed by atoms with Crippen LogP contribution in [-0.2, 0) is 17.7 Å². The minimum absolute atomic E-state index is 0. The van der Waals surface area contributed by atoms with Gasteiger partial charge in [0.15, 0.2) is 5.69 Å². The van der Waals surface area contributed by atoms with Crippen molar-refractivity contribution in [1.82, 2.24) is 9.88 Å². The van der Waals surface area contributed by atoms with Crippen molar-refractivity contribution in [2.45, 2.75) is 38.8 Å². The van der Waals surface area contributed by atoms with Crippen LogP contribution in [-0.4, -0.2) is 35.5 Å². The highest BCUT2D eigenvalue weighted by molar-refractivity contribution is 7.09. The van der Waals surface area contributed by atoms with Gasteiger partial charge in [0.05, 0.1) is 12.6 Å². The predicted octanol–water partition coefficient (Wildman–Crippen LogP) is 4.05. The van der Waals surface area contributed by atoms with E-state index >= 15 is 0 Å². The third kappa shape index (κ3) is 3.72. The molecule has 1 unspecified atom stereocenters. The van der Waals surface area contributed by atoms with Crippen molar-refractivity contribution >= 4 is 35.4 Å². The van der Waals surface area contributed by atoms with E-state index in [4.69, 9.17) is 4.74 Å². The Hall–Kier alpha value is -1.63. The Morgan fingerprint density at radius 3 is 3.19 bits per heavy atom. The molecule has 0 bridgehead atoms. The quantitative estimate of drug-likeness (QED) is 0.776. The minimum Gasteiger partial charge on any atom is -0.461 e. The number of fused-ring (bicyclic) bond motifs is 1. The summed E-state index contributed by atoms with van der Waals surface area (Å²) in [5.74, 6) is -0.320. The molecular formula is C19H24ClN3O2S. The number of nitrogens with one attached hydrogen (secondary N) is 1. The van der Waals surface area contributed by atoms with Crippen LogP contribution in [0.25, 0.3) is 0 Å². The standard InChI is InChI=1S/C19H23N3O2S.ClH/c1-2-24-19(23)15-12-25-18(21-15)16-7-4-10-22(16)11-14-6-3-5-13-8-9-20-17(13)14;/h3,5-6,12,16,20H,2,4,7-11H2,1H3;1H. The fourth-order valence-corrected chi connectivity index (χ4v) is 4.75. The maximum atomic E-state index is 11.9. The number of carbonyl (C=O) groups is 1. The highest BCUT2D eigenvalue weighted by atomic mass is 35.5. The summed E-state index contributed by atoms with van der Waals surface area (Å²) in [6.07, 6.45) is 3.38. The van der Waals surface area contributed by atoms with Gasteiger partial charge in [-0.1, -0.05) is 18.2 Å². The van der Waals surface area contributed by atoms with Crippen molar-refractivity contribution in [2.24, 2.45) is 0 Å². The van der Waals surface area contributed by atoms with Crippen molar-refractivity contribution in [2.75, 3.05) is 25.0 Å². The molecule has 1 atom stereocenters. The molecule has 2 aliphatic rings. The average molecular weight is 394 g/mol. The number of ether oxygens (including phenoxy) is 1. The third-order valence-corrected chi connectivity index (χ3v) is 5.91. The molecular weight excluding hydrogens is 370 g/mol. The lowest BCUT2D eigenvalue weighted by Crippen LogP contribution is -2.23. The monoisotopic (exact) mass is 393 g/mol. The first-order valence-electron chi connectivity index (χ1n) is 8.97. The first kappa shape index (κ1) is 19.1. The normalized spacial score (nSPS) is 18.9. The largest absolute Gasteiger partial charge is 0.461 e. The molecule has 1 fully saturated rings. The number of halogens is 1. The highest BCUT2D eigenvalue weighted by Gasteiger charge is 2.30. The van der Waals surface area contributed by atoms with E-state index in [1.807, 2.05) is 12.3 Å². The fourth-order valence-electron chi connectivity index (χ4n) is 3.80. The van der Waals surface area contributed by atoms with E-state index in [1.54, 1.807) is 11.3 Å². The summed E-state index contributed by atoms with van der Waals surface area (Å²) in [5, 5.41) is 6.38. The molecule has 1 aromatic heterocycles. The van der Waals surface area contributed by atoms with Gasteiger partial charge in [-0.25, -0.2) is 9.78 Å². The summed E-state index contributed by atoms with van der Waals surface area (Å²) in [4.78, 5) is 18.9. The summed E-state index contributed by atoms with van der Waals surface area (Å²) in [6, 6.07) is 6.89. The number of esters is 1. The molecule has 4 rings (SSSR count). The molecule has 1 saturated heterocycles. The Morgan fingerprint density at radius 2 is 2.35 bits per heavy atom. The zero-order valence-electron chi connectivity index (χ0n) is 14.9. The lowest BCUT2D eigenvalue weighted by atomic mass is 10.1. The molecule has 7 heteroatoms. The Labute approximate surface area is 164 Å². The second-order valence-electron chi connectivity index (χ2n) is 6.55. The number of nitrogens with zero attached hydrogens (tertiary/aromatic N) is 2. The van der Waals surface area contributed by atoms with E-state index in [0.717, 1.165) is 37.5 Å². The third-order valence-electron chi connectivity index (χ3n) is 4.96. The molecule has 1 N–H and O–H groups in total. The summed E-state index contributed by atoms with van der Waals surface area (Å²) >= 11 is 1.57. The van der Waals surface area contributed by atoms with Crippen molar-refractivity contribution in [3.8, 4) is 0 Å². The number of aromatic nitrogens is 1. The van der Waals surface area contributed by atoms with E-state index in [0.29, 0.717) is 18.3 Å². The van der Waals surface area contributed by atoms with Crippen LogP contribution in [0, 0.1) is 0 Å². The smallest absolute Gasteiger partial charge is 0.357 e. The number of hydrogen-bond donors (Lipinski definition) is 1. The molecule has 26 heavy (non-hydrogen) atoms. The van der Waals surface area contributed by atoms with Gasteiger partial charge in [-0.2, -0.15) is 0 Å². The van der Waals surface area contributed by atoms with Crippen molar-refractivity contribution in [3.63, 3.8) is 0 Å². The number of anilines is 1. The van der Waals surface area contributed by atoms with Gasteiger partial charge in [-0.05, 0) is 43.9 Å². The van der Waals surface area contributed by atoms with Crippen LogP contribution in [0.5, 0.6) is 0 Å². The number of rotatable bonds is 5. The average Bonchev–Trinajstić information content (AvgIpc) is 3.35. The molecule has 2 aromatic rings. The van der Waals surface area contributed by atoms with Crippen LogP contribution >= 0.6 is 23.7 Å². The summed E-state index contributed by atoms with van der Waals surface area (Å²) in [7, 11) is 0. The van der Waals surface area contributed by atoms with Crippen LogP contribution in [0.3, 0.4) is 0 Å². The molecule has 3 heterocycles. The fraction of sp³-hybridized carbons (Fsp3) is 0.474. The SMILES string of the molecule is CCOC(=O)c1csc(C2CCCN2Cc2cccc3c2NCC3)n1.Cl. The second kappa shape index (κ2) is 8.37. The van der Waals surface area contributed by atoms with Gasteiger partial charge in [0.2, 0.25) is 0 Å². The molecule has 0 radical (unpaired) electrons.